The van der Waals surface area contributed by atoms with Gasteiger partial charge in [-0.15, -0.1) is 0 Å². The summed E-state index contributed by atoms with van der Waals surface area (Å²) in [6.45, 7) is 3.79. The monoisotopic (exact) mass is 369 g/mol. The number of hydrogen-bond donors (Lipinski definition) is 1. The van der Waals surface area contributed by atoms with Gasteiger partial charge >= 0.3 is 0 Å². The first-order valence-electron chi connectivity index (χ1n) is 8.49. The fourth-order valence-corrected chi connectivity index (χ4v) is 3.43. The van der Waals surface area contributed by atoms with Crippen LogP contribution in [0.1, 0.15) is 12.5 Å². The molecule has 134 valence electrons. The molecule has 0 aliphatic carbocycles. The maximum Gasteiger partial charge on any atom is 0.182 e. The maximum absolute atomic E-state index is 5.64. The van der Waals surface area contributed by atoms with Gasteiger partial charge in [0.05, 0.1) is 18.0 Å². The minimum atomic E-state index is 0.578. The molecule has 0 atom stereocenters. The molecular formula is C19H19N3O3S. The predicted molar refractivity (Wildman–Crippen MR) is 104 cm³/mol. The number of amidine groups is 1. The zero-order valence-electron chi connectivity index (χ0n) is 14.4. The van der Waals surface area contributed by atoms with E-state index in [0.29, 0.717) is 19.8 Å². The van der Waals surface area contributed by atoms with Crippen molar-refractivity contribution in [2.75, 3.05) is 25.6 Å². The molecular weight excluding hydrogens is 350 g/mol. The molecule has 4 rings (SSSR count). The molecule has 26 heavy (non-hydrogen) atoms. The third-order valence-electron chi connectivity index (χ3n) is 3.89. The zero-order chi connectivity index (χ0) is 17.8. The molecule has 2 aromatic carbocycles. The van der Waals surface area contributed by atoms with Gasteiger partial charge in [-0.3, -0.25) is 5.43 Å². The molecule has 0 radical (unpaired) electrons. The highest BCUT2D eigenvalue weighted by molar-refractivity contribution is 8.14. The molecule has 2 aliphatic rings. The Balaban J connectivity index is 1.46. The normalized spacial score (nSPS) is 17.4. The Morgan fingerprint density at radius 1 is 1.12 bits per heavy atom. The van der Waals surface area contributed by atoms with Gasteiger partial charge in [0.15, 0.2) is 16.7 Å². The van der Waals surface area contributed by atoms with Crippen LogP contribution in [0.25, 0.3) is 0 Å². The first kappa shape index (κ1) is 16.8. The molecule has 0 spiro atoms. The van der Waals surface area contributed by atoms with Crippen molar-refractivity contribution in [2.45, 2.75) is 6.92 Å². The van der Waals surface area contributed by atoms with E-state index in [2.05, 4.69) is 15.5 Å². The van der Waals surface area contributed by atoms with Crippen molar-refractivity contribution in [3.8, 4) is 17.2 Å². The summed E-state index contributed by atoms with van der Waals surface area (Å²) in [6.07, 6.45) is 0. The third kappa shape index (κ3) is 3.77. The van der Waals surface area contributed by atoms with Crippen molar-refractivity contribution in [3.05, 3.63) is 48.0 Å². The van der Waals surface area contributed by atoms with Gasteiger partial charge in [-0.25, -0.2) is 4.99 Å². The van der Waals surface area contributed by atoms with Crippen molar-refractivity contribution in [2.24, 2.45) is 10.1 Å². The van der Waals surface area contributed by atoms with Gasteiger partial charge in [0.2, 0.25) is 0 Å². The summed E-state index contributed by atoms with van der Waals surface area (Å²) >= 11 is 1.62. The molecule has 7 heteroatoms. The summed E-state index contributed by atoms with van der Waals surface area (Å²) in [7, 11) is 0. The van der Waals surface area contributed by atoms with E-state index in [-0.39, 0.29) is 0 Å². The number of hydrogen-bond acceptors (Lipinski definition) is 6. The average molecular weight is 369 g/mol. The van der Waals surface area contributed by atoms with Crippen LogP contribution in [0, 0.1) is 0 Å². The summed E-state index contributed by atoms with van der Waals surface area (Å²) in [6, 6.07) is 13.6. The predicted octanol–water partition coefficient (Wildman–Crippen LogP) is 3.58. The molecule has 6 nitrogen and oxygen atoms in total. The standard InChI is InChI=1S/C19H19N3O3S/c1-2-23-15-6-4-14(5-7-15)20-19-22-21-16(12-26-19)13-3-8-17-18(11-13)25-10-9-24-17/h3-8,11H,2,9-10,12H2,1H3,(H,20,22). The maximum atomic E-state index is 5.64. The minimum absolute atomic E-state index is 0.578. The number of aliphatic imine (C=N–C) groups is 1. The van der Waals surface area contributed by atoms with Crippen LogP contribution < -0.4 is 19.6 Å². The van der Waals surface area contributed by atoms with Gasteiger partial charge in [-0.1, -0.05) is 11.8 Å². The topological polar surface area (TPSA) is 64.4 Å². The van der Waals surface area contributed by atoms with Crippen molar-refractivity contribution in [1.82, 2.24) is 5.43 Å². The molecule has 0 saturated heterocycles. The lowest BCUT2D eigenvalue weighted by atomic mass is 10.1. The Morgan fingerprint density at radius 3 is 2.65 bits per heavy atom. The van der Waals surface area contributed by atoms with E-state index in [1.807, 2.05) is 49.4 Å². The second kappa shape index (κ2) is 7.70. The van der Waals surface area contributed by atoms with Crippen molar-refractivity contribution < 1.29 is 14.2 Å². The Hall–Kier alpha value is -2.67. The Morgan fingerprint density at radius 2 is 1.92 bits per heavy atom. The highest BCUT2D eigenvalue weighted by Gasteiger charge is 2.17. The van der Waals surface area contributed by atoms with Crippen molar-refractivity contribution in [3.63, 3.8) is 0 Å². The van der Waals surface area contributed by atoms with Crippen LogP contribution in [0.4, 0.5) is 5.69 Å². The lowest BCUT2D eigenvalue weighted by Gasteiger charge is -2.20. The lowest BCUT2D eigenvalue weighted by Crippen LogP contribution is -2.25. The van der Waals surface area contributed by atoms with Gasteiger partial charge in [-0.05, 0) is 49.4 Å². The number of hydrazone groups is 1. The summed E-state index contributed by atoms with van der Waals surface area (Å²) < 4.78 is 16.6. The molecule has 1 N–H and O–H groups in total. The molecule has 0 aromatic heterocycles. The van der Waals surface area contributed by atoms with Gasteiger partial charge in [0.1, 0.15) is 19.0 Å². The Bertz CT molecular complexity index is 850. The number of nitrogens with one attached hydrogen (secondary N) is 1. The number of ether oxygens (including phenoxy) is 3. The van der Waals surface area contributed by atoms with E-state index < -0.39 is 0 Å². The quantitative estimate of drug-likeness (QED) is 0.892. The summed E-state index contributed by atoms with van der Waals surface area (Å²) in [4.78, 5) is 4.58. The van der Waals surface area contributed by atoms with Crippen LogP contribution in [-0.2, 0) is 0 Å². The second-order valence-corrected chi connectivity index (χ2v) is 6.63. The van der Waals surface area contributed by atoms with Crippen LogP contribution in [0.5, 0.6) is 17.2 Å². The SMILES string of the molecule is CCOc1ccc(N=C2NN=C(c3ccc4c(c3)OCCO4)CS2)cc1. The number of rotatable bonds is 4. The Kier molecular flexibility index (Phi) is 4.97. The van der Waals surface area contributed by atoms with Gasteiger partial charge < -0.3 is 14.2 Å². The molecule has 0 fully saturated rings. The fourth-order valence-electron chi connectivity index (χ4n) is 2.65. The van der Waals surface area contributed by atoms with Gasteiger partial charge in [-0.2, -0.15) is 5.10 Å². The highest BCUT2D eigenvalue weighted by Crippen LogP contribution is 2.31. The van der Waals surface area contributed by atoms with E-state index in [4.69, 9.17) is 14.2 Å². The van der Waals surface area contributed by atoms with Crippen LogP contribution in [0.3, 0.4) is 0 Å². The fraction of sp³-hybridized carbons (Fsp3) is 0.263. The lowest BCUT2D eigenvalue weighted by molar-refractivity contribution is 0.171. The van der Waals surface area contributed by atoms with Crippen LogP contribution in [-0.4, -0.2) is 36.5 Å². The summed E-state index contributed by atoms with van der Waals surface area (Å²) in [5.74, 6) is 3.15. The molecule has 0 saturated carbocycles. The van der Waals surface area contributed by atoms with Gasteiger partial charge in [0, 0.05) is 11.3 Å². The average Bonchev–Trinajstić information content (AvgIpc) is 2.70. The van der Waals surface area contributed by atoms with Crippen LogP contribution in [0.2, 0.25) is 0 Å². The van der Waals surface area contributed by atoms with E-state index in [0.717, 1.165) is 45.1 Å². The van der Waals surface area contributed by atoms with E-state index in [1.54, 1.807) is 11.8 Å². The Labute approximate surface area is 156 Å². The first-order valence-corrected chi connectivity index (χ1v) is 9.47. The smallest absolute Gasteiger partial charge is 0.182 e. The first-order chi connectivity index (χ1) is 12.8. The summed E-state index contributed by atoms with van der Waals surface area (Å²) in [5.41, 5.74) is 5.87. The van der Waals surface area contributed by atoms with Crippen molar-refractivity contribution in [1.29, 1.82) is 0 Å². The van der Waals surface area contributed by atoms with Crippen molar-refractivity contribution >= 4 is 28.3 Å². The highest BCUT2D eigenvalue weighted by atomic mass is 32.2. The summed E-state index contributed by atoms with van der Waals surface area (Å²) in [5, 5.41) is 5.24. The van der Waals surface area contributed by atoms with E-state index in [1.165, 1.54) is 0 Å². The van der Waals surface area contributed by atoms with E-state index in [9.17, 15) is 0 Å². The second-order valence-electron chi connectivity index (χ2n) is 5.66. The molecule has 2 aliphatic heterocycles. The largest absolute Gasteiger partial charge is 0.494 e. The number of thioether (sulfide) groups is 1. The zero-order valence-corrected chi connectivity index (χ0v) is 15.2. The van der Waals surface area contributed by atoms with Gasteiger partial charge in [0.25, 0.3) is 0 Å². The number of benzene rings is 2. The van der Waals surface area contributed by atoms with Crippen LogP contribution in [0.15, 0.2) is 52.6 Å². The number of nitrogens with zero attached hydrogens (tertiary/aromatic N) is 2. The number of fused-ring (bicyclic) bond motifs is 1. The molecule has 0 amide bonds. The molecule has 0 unspecified atom stereocenters. The third-order valence-corrected chi connectivity index (χ3v) is 4.76. The van der Waals surface area contributed by atoms with E-state index >= 15 is 0 Å². The molecule has 2 heterocycles. The molecule has 0 bridgehead atoms. The van der Waals surface area contributed by atoms with Crippen LogP contribution >= 0.6 is 11.8 Å². The minimum Gasteiger partial charge on any atom is -0.494 e. The molecule has 2 aromatic rings.